The van der Waals surface area contributed by atoms with Crippen LogP contribution in [-0.2, 0) is 11.4 Å². The molecule has 1 unspecified atom stereocenters. The van der Waals surface area contributed by atoms with Gasteiger partial charge in [0.2, 0.25) is 0 Å². The van der Waals surface area contributed by atoms with Crippen LogP contribution in [0.4, 0.5) is 0 Å². The van der Waals surface area contributed by atoms with Gasteiger partial charge in [0, 0.05) is 0 Å². The van der Waals surface area contributed by atoms with Crippen LogP contribution in [0, 0.1) is 6.92 Å². The zero-order chi connectivity index (χ0) is 15.4. The van der Waals surface area contributed by atoms with Gasteiger partial charge in [0.1, 0.15) is 11.4 Å². The molecule has 0 aliphatic carbocycles. The van der Waals surface area contributed by atoms with Crippen LogP contribution in [0.25, 0.3) is 11.1 Å². The molecule has 110 valence electrons. The first-order valence-corrected chi connectivity index (χ1v) is 8.87. The van der Waals surface area contributed by atoms with Gasteiger partial charge in [0.15, 0.2) is 4.90 Å². The third kappa shape index (κ3) is 3.65. The molecule has 0 spiro atoms. The molecule has 0 bridgehead atoms. The second-order valence-corrected chi connectivity index (χ2v) is 7.02. The van der Waals surface area contributed by atoms with Crippen LogP contribution in [0.3, 0.4) is 0 Å². The van der Waals surface area contributed by atoms with Crippen LogP contribution in [-0.4, -0.2) is 10.8 Å². The van der Waals surface area contributed by atoms with E-state index in [-0.39, 0.29) is 0 Å². The van der Waals surface area contributed by atoms with Crippen LogP contribution in [0.2, 0.25) is 0 Å². The van der Waals surface area contributed by atoms with E-state index in [1.54, 1.807) is 17.6 Å². The zero-order valence-electron chi connectivity index (χ0n) is 12.1. The number of thiophene rings is 1. The van der Waals surface area contributed by atoms with Gasteiger partial charge in [0.25, 0.3) is 0 Å². The Hall–Kier alpha value is -1.88. The molecule has 3 aromatic rings. The zero-order valence-corrected chi connectivity index (χ0v) is 13.7. The molecular weight excluding hydrogens is 310 g/mol. The van der Waals surface area contributed by atoms with E-state index in [0.29, 0.717) is 0 Å². The summed E-state index contributed by atoms with van der Waals surface area (Å²) in [7, 11) is 0. The molecule has 0 saturated heterocycles. The molecule has 0 saturated carbocycles. The summed E-state index contributed by atoms with van der Waals surface area (Å²) in [6.07, 6.45) is 1.69. The smallest absolute Gasteiger partial charge is 0.182 e. The molecular formula is C18H15NOS2. The Bertz CT molecular complexity index is 763. The highest BCUT2D eigenvalue weighted by molar-refractivity contribution is 7.90. The molecule has 0 aliphatic heterocycles. The quantitative estimate of drug-likeness (QED) is 0.498. The third-order valence-corrected chi connectivity index (χ3v) is 5.06. The monoisotopic (exact) mass is 325 g/mol. The van der Waals surface area contributed by atoms with Gasteiger partial charge in [-0.05, 0) is 41.6 Å². The molecule has 1 aromatic heterocycles. The van der Waals surface area contributed by atoms with E-state index in [9.17, 15) is 4.55 Å². The van der Waals surface area contributed by atoms with Crippen molar-refractivity contribution < 1.29 is 4.55 Å². The number of aryl methyl sites for hydroxylation is 1. The van der Waals surface area contributed by atoms with E-state index in [2.05, 4.69) is 28.0 Å². The highest BCUT2D eigenvalue weighted by Gasteiger charge is 2.09. The maximum atomic E-state index is 12.1. The van der Waals surface area contributed by atoms with Crippen molar-refractivity contribution in [2.75, 3.05) is 0 Å². The number of nitrogens with zero attached hydrogens (tertiary/aromatic N) is 1. The van der Waals surface area contributed by atoms with Crippen LogP contribution in [0.5, 0.6) is 0 Å². The molecule has 2 aromatic carbocycles. The van der Waals surface area contributed by atoms with Crippen LogP contribution in [0.15, 0.2) is 75.3 Å². The molecule has 0 radical (unpaired) electrons. The first kappa shape index (κ1) is 15.0. The predicted octanol–water partition coefficient (Wildman–Crippen LogP) is 4.87. The topological polar surface area (TPSA) is 35.4 Å². The minimum absolute atomic E-state index is 0.724. The van der Waals surface area contributed by atoms with Gasteiger partial charge in [-0.2, -0.15) is 0 Å². The van der Waals surface area contributed by atoms with Gasteiger partial charge in [0.05, 0.1) is 11.1 Å². The molecule has 0 N–H and O–H groups in total. The SMILES string of the molecule is Cc1ccc([S+]([O-])N=Cc2cc(-c3ccccc3)cs2)cc1. The second-order valence-electron chi connectivity index (χ2n) is 4.90. The van der Waals surface area contributed by atoms with Gasteiger partial charge in [-0.15, -0.1) is 11.3 Å². The third-order valence-electron chi connectivity index (χ3n) is 3.23. The summed E-state index contributed by atoms with van der Waals surface area (Å²) in [5, 5.41) is 2.09. The molecule has 4 heteroatoms. The van der Waals surface area contributed by atoms with Crippen molar-refractivity contribution >= 4 is 28.9 Å². The highest BCUT2D eigenvalue weighted by atomic mass is 32.2. The van der Waals surface area contributed by atoms with E-state index >= 15 is 0 Å². The van der Waals surface area contributed by atoms with Gasteiger partial charge in [-0.25, -0.2) is 0 Å². The van der Waals surface area contributed by atoms with Crippen molar-refractivity contribution in [3.8, 4) is 11.1 Å². The van der Waals surface area contributed by atoms with Crippen molar-refractivity contribution in [1.29, 1.82) is 0 Å². The summed E-state index contributed by atoms with van der Waals surface area (Å²) in [6, 6.07) is 19.9. The number of hydrogen-bond donors (Lipinski definition) is 0. The van der Waals surface area contributed by atoms with E-state index in [1.807, 2.05) is 49.4 Å². The predicted molar refractivity (Wildman–Crippen MR) is 94.9 cm³/mol. The minimum Gasteiger partial charge on any atom is -0.586 e. The Morgan fingerprint density at radius 2 is 1.73 bits per heavy atom. The molecule has 3 rings (SSSR count). The van der Waals surface area contributed by atoms with Gasteiger partial charge in [-0.1, -0.05) is 52.4 Å². The van der Waals surface area contributed by atoms with Crippen LogP contribution in [0.1, 0.15) is 10.4 Å². The summed E-state index contributed by atoms with van der Waals surface area (Å²) >= 11 is 0.249. The van der Waals surface area contributed by atoms with Gasteiger partial charge < -0.3 is 4.55 Å². The maximum absolute atomic E-state index is 12.1. The Kier molecular flexibility index (Phi) is 4.73. The van der Waals surface area contributed by atoms with E-state index in [1.165, 1.54) is 5.56 Å². The van der Waals surface area contributed by atoms with Crippen LogP contribution >= 0.6 is 11.3 Å². The normalized spacial score (nSPS) is 12.6. The first-order chi connectivity index (χ1) is 10.7. The Morgan fingerprint density at radius 1 is 1.00 bits per heavy atom. The summed E-state index contributed by atoms with van der Waals surface area (Å²) in [4.78, 5) is 1.72. The average molecular weight is 325 g/mol. The fourth-order valence-corrected chi connectivity index (χ4v) is 3.56. The molecule has 0 aliphatic rings. The first-order valence-electron chi connectivity index (χ1n) is 6.89. The number of hydrogen-bond acceptors (Lipinski definition) is 3. The van der Waals surface area contributed by atoms with Crippen molar-refractivity contribution in [2.24, 2.45) is 4.40 Å². The highest BCUT2D eigenvalue weighted by Crippen LogP contribution is 2.24. The molecule has 0 amide bonds. The Morgan fingerprint density at radius 3 is 2.45 bits per heavy atom. The number of rotatable bonds is 4. The Labute approximate surface area is 137 Å². The lowest BCUT2D eigenvalue weighted by Gasteiger charge is -2.01. The lowest BCUT2D eigenvalue weighted by Crippen LogP contribution is -1.97. The molecule has 0 fully saturated rings. The van der Waals surface area contributed by atoms with Gasteiger partial charge >= 0.3 is 0 Å². The summed E-state index contributed by atoms with van der Waals surface area (Å²) < 4.78 is 16.3. The van der Waals surface area contributed by atoms with Crippen molar-refractivity contribution in [3.63, 3.8) is 0 Å². The molecule has 22 heavy (non-hydrogen) atoms. The standard InChI is InChI=1S/C18H15NOS2/c1-14-7-9-18(10-8-14)22(20)19-12-17-11-16(13-21-17)15-5-3-2-4-6-15/h2-13H,1H3. The molecule has 1 atom stereocenters. The maximum Gasteiger partial charge on any atom is 0.182 e. The molecule has 2 nitrogen and oxygen atoms in total. The fraction of sp³-hybridized carbons (Fsp3) is 0.0556. The van der Waals surface area contributed by atoms with Crippen molar-refractivity contribution in [1.82, 2.24) is 0 Å². The van der Waals surface area contributed by atoms with E-state index in [0.717, 1.165) is 20.9 Å². The Balaban J connectivity index is 1.73. The minimum atomic E-state index is -1.35. The second kappa shape index (κ2) is 6.92. The van der Waals surface area contributed by atoms with Crippen LogP contribution < -0.4 is 0 Å². The summed E-state index contributed by atoms with van der Waals surface area (Å²) in [6.45, 7) is 2.01. The van der Waals surface area contributed by atoms with Crippen molar-refractivity contribution in [3.05, 3.63) is 76.5 Å². The lowest BCUT2D eigenvalue weighted by atomic mass is 10.1. The largest absolute Gasteiger partial charge is 0.586 e. The summed E-state index contributed by atoms with van der Waals surface area (Å²) in [5.41, 5.74) is 3.49. The van der Waals surface area contributed by atoms with E-state index < -0.39 is 11.4 Å². The fourth-order valence-electron chi connectivity index (χ4n) is 2.02. The molecule has 1 heterocycles. The average Bonchev–Trinajstić information content (AvgIpc) is 3.03. The van der Waals surface area contributed by atoms with E-state index in [4.69, 9.17) is 0 Å². The van der Waals surface area contributed by atoms with Crippen molar-refractivity contribution in [2.45, 2.75) is 11.8 Å². The lowest BCUT2D eigenvalue weighted by molar-refractivity contribution is 0.597. The number of benzene rings is 2. The van der Waals surface area contributed by atoms with Gasteiger partial charge in [-0.3, -0.25) is 0 Å². The summed E-state index contributed by atoms with van der Waals surface area (Å²) in [5.74, 6) is 0.